The molecule has 36 heavy (non-hydrogen) atoms. The van der Waals surface area contributed by atoms with Crippen molar-refractivity contribution >= 4 is 28.4 Å². The van der Waals surface area contributed by atoms with Crippen LogP contribution in [-0.4, -0.2) is 60.8 Å². The molecule has 5 aromatic rings. The number of rotatable bonds is 5. The number of morpholine rings is 1. The lowest BCUT2D eigenvalue weighted by atomic mass is 10.1. The first-order valence-corrected chi connectivity index (χ1v) is 11.9. The molecule has 0 amide bonds. The van der Waals surface area contributed by atoms with Gasteiger partial charge in [-0.15, -0.1) is 0 Å². The quantitative estimate of drug-likeness (QED) is 0.405. The highest BCUT2D eigenvalue weighted by atomic mass is 16.5. The Hall–Kier alpha value is -4.31. The van der Waals surface area contributed by atoms with Crippen LogP contribution >= 0.6 is 0 Å². The van der Waals surface area contributed by atoms with Crippen molar-refractivity contribution in [2.24, 2.45) is 7.05 Å². The second kappa shape index (κ2) is 9.04. The molecule has 1 aliphatic heterocycles. The number of hydrogen-bond acceptors (Lipinski definition) is 8. The van der Waals surface area contributed by atoms with Gasteiger partial charge in [0.05, 0.1) is 35.8 Å². The Kier molecular flexibility index (Phi) is 5.57. The minimum atomic E-state index is 0.666. The van der Waals surface area contributed by atoms with Crippen LogP contribution < -0.4 is 10.2 Å². The number of nitrogens with one attached hydrogen (secondary N) is 1. The van der Waals surface area contributed by atoms with Crippen molar-refractivity contribution in [2.45, 2.75) is 13.8 Å². The average molecular weight is 482 g/mol. The molecule has 0 aliphatic carbocycles. The van der Waals surface area contributed by atoms with E-state index in [9.17, 15) is 0 Å². The Morgan fingerprint density at radius 2 is 1.72 bits per heavy atom. The third-order valence-electron chi connectivity index (χ3n) is 6.35. The van der Waals surface area contributed by atoms with Gasteiger partial charge in [0.2, 0.25) is 5.95 Å². The van der Waals surface area contributed by atoms with E-state index in [1.165, 1.54) is 0 Å². The molecule has 0 spiro atoms. The molecule has 10 nitrogen and oxygen atoms in total. The van der Waals surface area contributed by atoms with Crippen LogP contribution in [0.1, 0.15) is 11.5 Å². The first kappa shape index (κ1) is 22.2. The van der Waals surface area contributed by atoms with Gasteiger partial charge in [-0.05, 0) is 44.2 Å². The van der Waals surface area contributed by atoms with E-state index in [-0.39, 0.29) is 0 Å². The number of nitrogens with zero attached hydrogens (tertiary/aromatic N) is 8. The zero-order chi connectivity index (χ0) is 24.6. The maximum absolute atomic E-state index is 5.54. The lowest BCUT2D eigenvalue weighted by Crippen LogP contribution is -2.37. The van der Waals surface area contributed by atoms with E-state index in [1.807, 2.05) is 55.9 Å². The molecule has 2 aromatic carbocycles. The fourth-order valence-corrected chi connectivity index (χ4v) is 4.46. The molecule has 0 unspecified atom stereocenters. The fourth-order valence-electron chi connectivity index (χ4n) is 4.46. The summed E-state index contributed by atoms with van der Waals surface area (Å²) in [6, 6.07) is 16.4. The zero-order valence-electron chi connectivity index (χ0n) is 20.5. The van der Waals surface area contributed by atoms with E-state index in [2.05, 4.69) is 43.6 Å². The normalized spacial score (nSPS) is 13.9. The van der Waals surface area contributed by atoms with Crippen LogP contribution in [0.4, 0.5) is 17.5 Å². The zero-order valence-corrected chi connectivity index (χ0v) is 20.5. The molecule has 1 saturated heterocycles. The lowest BCUT2D eigenvalue weighted by molar-refractivity contribution is 0.122. The minimum Gasteiger partial charge on any atom is -0.378 e. The van der Waals surface area contributed by atoms with Gasteiger partial charge in [0.25, 0.3) is 0 Å². The second-order valence-electron chi connectivity index (χ2n) is 8.89. The van der Waals surface area contributed by atoms with E-state index in [0.717, 1.165) is 64.0 Å². The van der Waals surface area contributed by atoms with Crippen molar-refractivity contribution in [2.75, 3.05) is 36.5 Å². The van der Waals surface area contributed by atoms with Crippen LogP contribution in [0.3, 0.4) is 0 Å². The van der Waals surface area contributed by atoms with Gasteiger partial charge in [-0.1, -0.05) is 12.1 Å². The molecule has 6 rings (SSSR count). The average Bonchev–Trinajstić information content (AvgIpc) is 3.47. The minimum absolute atomic E-state index is 0.666. The van der Waals surface area contributed by atoms with E-state index < -0.39 is 0 Å². The monoisotopic (exact) mass is 481 g/mol. The van der Waals surface area contributed by atoms with Crippen molar-refractivity contribution in [1.29, 1.82) is 0 Å². The summed E-state index contributed by atoms with van der Waals surface area (Å²) in [7, 11) is 1.97. The van der Waals surface area contributed by atoms with Crippen LogP contribution in [0.2, 0.25) is 0 Å². The Balaban J connectivity index is 1.36. The van der Waals surface area contributed by atoms with Gasteiger partial charge in [0, 0.05) is 42.8 Å². The number of ether oxygens (including phenoxy) is 1. The molecule has 1 N–H and O–H groups in total. The van der Waals surface area contributed by atoms with Crippen molar-refractivity contribution in [1.82, 2.24) is 34.5 Å². The Morgan fingerprint density at radius 3 is 2.47 bits per heavy atom. The van der Waals surface area contributed by atoms with Gasteiger partial charge in [0.15, 0.2) is 0 Å². The number of hydrogen-bond donors (Lipinski definition) is 1. The smallest absolute Gasteiger partial charge is 0.228 e. The third kappa shape index (κ3) is 4.27. The molecule has 3 aromatic heterocycles. The molecule has 4 heterocycles. The molecular formula is C26H27N9O. The highest BCUT2D eigenvalue weighted by Crippen LogP contribution is 2.29. The standard InChI is InChI=1S/C26H27N9O/c1-17-22-9-4-19(14-24(22)33(3)31-17)23-15-25(30-26(29-23)34-10-12-36-13-11-34)28-20-5-7-21(8-6-20)35-16-27-18(2)32-35/h4-9,14-16H,10-13H2,1-3H3,(H,28,29,30). The Bertz CT molecular complexity index is 1530. The largest absolute Gasteiger partial charge is 0.378 e. The number of benzene rings is 2. The molecular weight excluding hydrogens is 454 g/mol. The highest BCUT2D eigenvalue weighted by Gasteiger charge is 2.17. The molecule has 0 saturated carbocycles. The van der Waals surface area contributed by atoms with Gasteiger partial charge in [-0.3, -0.25) is 4.68 Å². The van der Waals surface area contributed by atoms with Gasteiger partial charge >= 0.3 is 0 Å². The molecule has 1 fully saturated rings. The summed E-state index contributed by atoms with van der Waals surface area (Å²) in [6.45, 7) is 6.75. The summed E-state index contributed by atoms with van der Waals surface area (Å²) >= 11 is 0. The predicted octanol–water partition coefficient (Wildman–Crippen LogP) is 3.81. The van der Waals surface area contributed by atoms with Gasteiger partial charge in [0.1, 0.15) is 18.0 Å². The van der Waals surface area contributed by atoms with Crippen LogP contribution in [0.5, 0.6) is 0 Å². The highest BCUT2D eigenvalue weighted by molar-refractivity contribution is 5.86. The summed E-state index contributed by atoms with van der Waals surface area (Å²) in [5, 5.41) is 13.5. The van der Waals surface area contributed by atoms with E-state index in [0.29, 0.717) is 19.2 Å². The number of anilines is 3. The van der Waals surface area contributed by atoms with Crippen molar-refractivity contribution in [3.05, 3.63) is 66.4 Å². The Labute approximate surface area is 208 Å². The van der Waals surface area contributed by atoms with Crippen LogP contribution in [-0.2, 0) is 11.8 Å². The van der Waals surface area contributed by atoms with E-state index >= 15 is 0 Å². The first-order chi connectivity index (χ1) is 17.5. The molecule has 0 radical (unpaired) electrons. The first-order valence-electron chi connectivity index (χ1n) is 11.9. The summed E-state index contributed by atoms with van der Waals surface area (Å²) in [4.78, 5) is 16.2. The molecule has 1 aliphatic rings. The van der Waals surface area contributed by atoms with Crippen LogP contribution in [0, 0.1) is 13.8 Å². The fraction of sp³-hybridized carbons (Fsp3) is 0.269. The third-order valence-corrected chi connectivity index (χ3v) is 6.35. The second-order valence-corrected chi connectivity index (χ2v) is 8.89. The van der Waals surface area contributed by atoms with Crippen molar-refractivity contribution in [3.8, 4) is 16.9 Å². The van der Waals surface area contributed by atoms with E-state index in [1.54, 1.807) is 11.0 Å². The van der Waals surface area contributed by atoms with Crippen LogP contribution in [0.25, 0.3) is 27.8 Å². The summed E-state index contributed by atoms with van der Waals surface area (Å²) in [6.07, 6.45) is 1.71. The molecule has 0 atom stereocenters. The number of aryl methyl sites for hydroxylation is 3. The Morgan fingerprint density at radius 1 is 0.917 bits per heavy atom. The van der Waals surface area contributed by atoms with Gasteiger partial charge < -0.3 is 15.0 Å². The number of fused-ring (bicyclic) bond motifs is 1. The molecule has 0 bridgehead atoms. The maximum atomic E-state index is 5.54. The summed E-state index contributed by atoms with van der Waals surface area (Å²) < 4.78 is 9.21. The van der Waals surface area contributed by atoms with Crippen molar-refractivity contribution < 1.29 is 4.74 Å². The topological polar surface area (TPSA) is 98.8 Å². The van der Waals surface area contributed by atoms with Crippen molar-refractivity contribution in [3.63, 3.8) is 0 Å². The molecule has 10 heteroatoms. The van der Waals surface area contributed by atoms with E-state index in [4.69, 9.17) is 14.7 Å². The van der Waals surface area contributed by atoms with Crippen LogP contribution in [0.15, 0.2) is 54.9 Å². The van der Waals surface area contributed by atoms with Gasteiger partial charge in [-0.2, -0.15) is 15.2 Å². The maximum Gasteiger partial charge on any atom is 0.228 e. The number of aromatic nitrogens is 7. The lowest BCUT2D eigenvalue weighted by Gasteiger charge is -2.27. The summed E-state index contributed by atoms with van der Waals surface area (Å²) in [5.41, 5.74) is 5.82. The predicted molar refractivity (Wildman–Crippen MR) is 139 cm³/mol. The molecule has 182 valence electrons. The SMILES string of the molecule is Cc1ncn(-c2ccc(Nc3cc(-c4ccc5c(C)nn(C)c5c4)nc(N4CCOCC4)n3)cc2)n1. The summed E-state index contributed by atoms with van der Waals surface area (Å²) in [5.74, 6) is 2.15. The van der Waals surface area contributed by atoms with Gasteiger partial charge in [-0.25, -0.2) is 14.6 Å².